The van der Waals surface area contributed by atoms with Crippen LogP contribution in [0.15, 0.2) is 60.7 Å². The van der Waals surface area contributed by atoms with Crippen molar-refractivity contribution in [1.82, 2.24) is 26.2 Å². The fourth-order valence-corrected chi connectivity index (χ4v) is 6.55. The molecular formula is C36H53N7O4. The summed E-state index contributed by atoms with van der Waals surface area (Å²) in [4.78, 5) is 56.6. The molecule has 4 rings (SSSR count). The molecule has 6 unspecified atom stereocenters. The summed E-state index contributed by atoms with van der Waals surface area (Å²) in [5, 5.41) is 12.2. The molecule has 256 valence electrons. The van der Waals surface area contributed by atoms with Gasteiger partial charge in [-0.25, -0.2) is 0 Å². The fraction of sp³-hybridized carbons (Fsp3) is 0.556. The van der Waals surface area contributed by atoms with Crippen LogP contribution in [0, 0.1) is 17.8 Å². The maximum atomic E-state index is 13.9. The number of nitrogens with two attached hydrogens (primary N) is 2. The zero-order chi connectivity index (χ0) is 33.8. The van der Waals surface area contributed by atoms with Crippen molar-refractivity contribution >= 4 is 23.6 Å². The normalized spacial score (nSPS) is 19.8. The van der Waals surface area contributed by atoms with Gasteiger partial charge in [0, 0.05) is 32.6 Å². The monoisotopic (exact) mass is 647 g/mol. The van der Waals surface area contributed by atoms with Gasteiger partial charge in [-0.15, -0.1) is 0 Å². The van der Waals surface area contributed by atoms with Gasteiger partial charge >= 0.3 is 0 Å². The van der Waals surface area contributed by atoms with Crippen molar-refractivity contribution in [2.45, 2.75) is 76.5 Å². The van der Waals surface area contributed by atoms with Crippen LogP contribution in [0.2, 0.25) is 0 Å². The molecule has 0 radical (unpaired) electrons. The van der Waals surface area contributed by atoms with Crippen LogP contribution in [-0.4, -0.2) is 85.4 Å². The molecule has 8 N–H and O–H groups in total. The molecule has 0 bridgehead atoms. The van der Waals surface area contributed by atoms with Crippen LogP contribution in [0.5, 0.6) is 0 Å². The first kappa shape index (κ1) is 36.0. The van der Waals surface area contributed by atoms with Crippen LogP contribution < -0.4 is 32.7 Å². The van der Waals surface area contributed by atoms with Crippen molar-refractivity contribution in [3.63, 3.8) is 0 Å². The predicted octanol–water partition coefficient (Wildman–Crippen LogP) is 1.11. The van der Waals surface area contributed by atoms with Gasteiger partial charge in [0.05, 0.1) is 6.04 Å². The highest BCUT2D eigenvalue weighted by Crippen LogP contribution is 2.27. The van der Waals surface area contributed by atoms with E-state index in [9.17, 15) is 19.2 Å². The standard InChI is InChI=1S/C36H53N7O4/c1-24(2)17-31(34(45)40-30(15-9-10-16-37)36(47)43-22-27-20-39-21-28(27)23-43)42-35(46)32(19-26-13-7-4-8-14-26)41-33(44)29(38)18-25-11-5-3-6-12-25/h3-8,11-14,24,27-32,39H,9-10,15-23,37-38H2,1-2H3,(H,40,45)(H,41,44)(H,42,46). The van der Waals surface area contributed by atoms with Gasteiger partial charge in [0.15, 0.2) is 0 Å². The van der Waals surface area contributed by atoms with Gasteiger partial charge in [-0.2, -0.15) is 0 Å². The lowest BCUT2D eigenvalue weighted by Crippen LogP contribution is -2.58. The first-order chi connectivity index (χ1) is 22.6. The Morgan fingerprint density at radius 1 is 0.766 bits per heavy atom. The molecule has 2 heterocycles. The number of amides is 4. The molecule has 2 saturated heterocycles. The summed E-state index contributed by atoms with van der Waals surface area (Å²) in [6.07, 6.45) is 2.82. The largest absolute Gasteiger partial charge is 0.343 e. The minimum atomic E-state index is -0.964. The Morgan fingerprint density at radius 2 is 1.30 bits per heavy atom. The van der Waals surface area contributed by atoms with Crippen molar-refractivity contribution in [3.05, 3.63) is 71.8 Å². The van der Waals surface area contributed by atoms with Crippen molar-refractivity contribution < 1.29 is 19.2 Å². The average Bonchev–Trinajstić information content (AvgIpc) is 3.67. The van der Waals surface area contributed by atoms with Gasteiger partial charge in [-0.1, -0.05) is 74.5 Å². The second-order valence-electron chi connectivity index (χ2n) is 13.5. The Bertz CT molecular complexity index is 1300. The quantitative estimate of drug-likeness (QED) is 0.140. The maximum absolute atomic E-state index is 13.9. The van der Waals surface area contributed by atoms with Gasteiger partial charge in [-0.05, 0) is 67.5 Å². The third-order valence-corrected chi connectivity index (χ3v) is 9.15. The van der Waals surface area contributed by atoms with Gasteiger partial charge in [0.25, 0.3) is 0 Å². The summed E-state index contributed by atoms with van der Waals surface area (Å²) >= 11 is 0. The second kappa shape index (κ2) is 17.9. The highest BCUT2D eigenvalue weighted by atomic mass is 16.2. The molecule has 2 aliphatic rings. The molecule has 0 spiro atoms. The Labute approximate surface area is 279 Å². The topological polar surface area (TPSA) is 172 Å². The molecule has 4 amide bonds. The lowest BCUT2D eigenvalue weighted by Gasteiger charge is -2.29. The summed E-state index contributed by atoms with van der Waals surface area (Å²) in [5.74, 6) is -0.489. The molecule has 0 aromatic heterocycles. The van der Waals surface area contributed by atoms with E-state index in [2.05, 4.69) is 21.3 Å². The van der Waals surface area contributed by atoms with E-state index in [1.807, 2.05) is 79.4 Å². The highest BCUT2D eigenvalue weighted by Gasteiger charge is 2.40. The number of hydrogen-bond acceptors (Lipinski definition) is 7. The summed E-state index contributed by atoms with van der Waals surface area (Å²) in [7, 11) is 0. The van der Waals surface area contributed by atoms with Gasteiger partial charge in [0.2, 0.25) is 23.6 Å². The molecule has 0 aliphatic carbocycles. The van der Waals surface area contributed by atoms with E-state index in [-0.39, 0.29) is 18.2 Å². The average molecular weight is 648 g/mol. The van der Waals surface area contributed by atoms with Crippen LogP contribution in [0.1, 0.15) is 50.7 Å². The molecule has 2 aromatic carbocycles. The second-order valence-corrected chi connectivity index (χ2v) is 13.5. The van der Waals surface area contributed by atoms with Crippen molar-refractivity contribution in [1.29, 1.82) is 0 Å². The molecule has 2 aliphatic heterocycles. The summed E-state index contributed by atoms with van der Waals surface area (Å²) in [5.41, 5.74) is 13.8. The number of carbonyl (C=O) groups is 4. The van der Waals surface area contributed by atoms with Crippen LogP contribution >= 0.6 is 0 Å². The molecule has 0 saturated carbocycles. The van der Waals surface area contributed by atoms with E-state index in [4.69, 9.17) is 11.5 Å². The van der Waals surface area contributed by atoms with Crippen molar-refractivity contribution in [2.75, 3.05) is 32.7 Å². The number of nitrogens with zero attached hydrogens (tertiary/aromatic N) is 1. The van der Waals surface area contributed by atoms with E-state index < -0.39 is 41.9 Å². The molecule has 11 nitrogen and oxygen atoms in total. The third kappa shape index (κ3) is 10.9. The number of likely N-dealkylation sites (tertiary alicyclic amines) is 1. The van der Waals surface area contributed by atoms with Crippen LogP contribution in [0.3, 0.4) is 0 Å². The lowest BCUT2D eigenvalue weighted by molar-refractivity contribution is -0.137. The SMILES string of the molecule is CC(C)CC(NC(=O)C(Cc1ccccc1)NC(=O)C(N)Cc1ccccc1)C(=O)NC(CCCCN)C(=O)N1CC2CNCC2C1. The fourth-order valence-electron chi connectivity index (χ4n) is 6.55. The predicted molar refractivity (Wildman–Crippen MR) is 183 cm³/mol. The van der Waals surface area contributed by atoms with Crippen LogP contribution in [0.4, 0.5) is 0 Å². The Kier molecular flexibility index (Phi) is 13.8. The highest BCUT2D eigenvalue weighted by molar-refractivity contribution is 5.95. The first-order valence-corrected chi connectivity index (χ1v) is 17.1. The van der Waals surface area contributed by atoms with Crippen LogP contribution in [-0.2, 0) is 32.0 Å². The number of hydrogen-bond donors (Lipinski definition) is 6. The van der Waals surface area contributed by atoms with E-state index >= 15 is 0 Å². The maximum Gasteiger partial charge on any atom is 0.245 e. The summed E-state index contributed by atoms with van der Waals surface area (Å²) in [6.45, 7) is 7.61. The van der Waals surface area contributed by atoms with E-state index in [0.29, 0.717) is 57.2 Å². The molecule has 11 heteroatoms. The van der Waals surface area contributed by atoms with E-state index in [0.717, 1.165) is 30.6 Å². The van der Waals surface area contributed by atoms with E-state index in [1.54, 1.807) is 0 Å². The minimum Gasteiger partial charge on any atom is -0.343 e. The van der Waals surface area contributed by atoms with Crippen molar-refractivity contribution in [2.24, 2.45) is 29.2 Å². The number of unbranched alkanes of at least 4 members (excludes halogenated alkanes) is 1. The Morgan fingerprint density at radius 3 is 1.87 bits per heavy atom. The molecule has 2 aromatic rings. The van der Waals surface area contributed by atoms with Gasteiger partial charge in [0.1, 0.15) is 18.1 Å². The first-order valence-electron chi connectivity index (χ1n) is 17.1. The third-order valence-electron chi connectivity index (χ3n) is 9.15. The number of rotatable bonds is 17. The van der Waals surface area contributed by atoms with Crippen LogP contribution in [0.25, 0.3) is 0 Å². The van der Waals surface area contributed by atoms with Crippen molar-refractivity contribution in [3.8, 4) is 0 Å². The van der Waals surface area contributed by atoms with Gasteiger partial charge < -0.3 is 37.6 Å². The number of benzene rings is 2. The lowest BCUT2D eigenvalue weighted by atomic mass is 9.99. The summed E-state index contributed by atoms with van der Waals surface area (Å²) in [6, 6.07) is 15.4. The smallest absolute Gasteiger partial charge is 0.245 e. The van der Waals surface area contributed by atoms with E-state index in [1.165, 1.54) is 0 Å². The van der Waals surface area contributed by atoms with Gasteiger partial charge in [-0.3, -0.25) is 19.2 Å². The number of nitrogens with one attached hydrogen (secondary N) is 4. The number of fused-ring (bicyclic) bond motifs is 1. The molecule has 47 heavy (non-hydrogen) atoms. The molecule has 6 atom stereocenters. The Balaban J connectivity index is 1.47. The zero-order valence-corrected chi connectivity index (χ0v) is 27.8. The minimum absolute atomic E-state index is 0.0735. The number of carbonyl (C=O) groups excluding carboxylic acids is 4. The Hall–Kier alpha value is -3.80. The molecule has 2 fully saturated rings. The molecular weight excluding hydrogens is 594 g/mol. The zero-order valence-electron chi connectivity index (χ0n) is 27.8. The summed E-state index contributed by atoms with van der Waals surface area (Å²) < 4.78 is 0.